The molecule has 2 aliphatic rings. The molecule has 1 aliphatic heterocycles. The molecule has 10 nitrogen and oxygen atoms in total. The molecule has 0 bridgehead atoms. The van der Waals surface area contributed by atoms with Crippen molar-refractivity contribution in [1.29, 1.82) is 5.41 Å². The molecule has 2 N–H and O–H groups in total. The van der Waals surface area contributed by atoms with Gasteiger partial charge in [0.25, 0.3) is 5.69 Å². The van der Waals surface area contributed by atoms with Gasteiger partial charge >= 0.3 is 0 Å². The first-order chi connectivity index (χ1) is 20.6. The van der Waals surface area contributed by atoms with Crippen molar-refractivity contribution in [2.75, 3.05) is 26.2 Å². The molecule has 0 fully saturated rings. The highest BCUT2D eigenvalue weighted by Crippen LogP contribution is 2.51. The molecular weight excluding hydrogens is 550 g/mol. The molecule has 43 heavy (non-hydrogen) atoms. The van der Waals surface area contributed by atoms with Gasteiger partial charge < -0.3 is 19.3 Å². The fraction of sp³-hybridized carbons (Fsp3) is 0.273. The number of nitrogens with zero attached hydrogens (tertiary/aromatic N) is 2. The number of nitrogens with one attached hydrogen (secondary N) is 1. The topological polar surface area (TPSA) is 135 Å². The Labute approximate surface area is 249 Å². The van der Waals surface area contributed by atoms with Crippen LogP contribution in [0.4, 0.5) is 11.4 Å². The van der Waals surface area contributed by atoms with E-state index in [4.69, 9.17) is 14.2 Å². The van der Waals surface area contributed by atoms with E-state index in [-0.39, 0.29) is 35.1 Å². The second-order valence-corrected chi connectivity index (χ2v) is 10.6. The maximum absolute atomic E-state index is 13.9. The van der Waals surface area contributed by atoms with Gasteiger partial charge in [-0.05, 0) is 49.9 Å². The lowest BCUT2D eigenvalue weighted by Gasteiger charge is -2.42. The van der Waals surface area contributed by atoms with Gasteiger partial charge in [-0.25, -0.2) is 0 Å². The number of aryl methyl sites for hydroxylation is 2. The van der Waals surface area contributed by atoms with Crippen molar-refractivity contribution < 1.29 is 29.0 Å². The van der Waals surface area contributed by atoms with E-state index < -0.39 is 10.8 Å². The molecule has 1 unspecified atom stereocenters. The van der Waals surface area contributed by atoms with E-state index in [9.17, 15) is 25.4 Å². The number of amidine groups is 1. The molecule has 5 rings (SSSR count). The first-order valence-electron chi connectivity index (χ1n) is 13.8. The minimum atomic E-state index is -0.861. The molecule has 1 aliphatic carbocycles. The number of allylic oxidation sites excluding steroid dienone is 2. The van der Waals surface area contributed by atoms with Gasteiger partial charge in [0.1, 0.15) is 11.6 Å². The second kappa shape index (κ2) is 11.6. The third-order valence-electron chi connectivity index (χ3n) is 8.00. The number of aliphatic hydroxyl groups excluding tert-OH is 1. The number of carbonyl (C=O) groups excluding carboxylic acids is 1. The van der Waals surface area contributed by atoms with E-state index in [1.165, 1.54) is 33.5 Å². The molecule has 0 saturated carbocycles. The van der Waals surface area contributed by atoms with Crippen molar-refractivity contribution in [3.63, 3.8) is 0 Å². The Morgan fingerprint density at radius 2 is 1.63 bits per heavy atom. The first-order valence-corrected chi connectivity index (χ1v) is 13.8. The van der Waals surface area contributed by atoms with Crippen LogP contribution in [0, 0.1) is 29.4 Å². The quantitative estimate of drug-likeness (QED) is 0.176. The largest absolute Gasteiger partial charge is 0.507 e. The molecule has 3 aromatic carbocycles. The van der Waals surface area contributed by atoms with E-state index in [1.54, 1.807) is 42.2 Å². The van der Waals surface area contributed by atoms with E-state index in [2.05, 4.69) is 0 Å². The second-order valence-electron chi connectivity index (χ2n) is 10.6. The average molecular weight is 584 g/mol. The lowest BCUT2D eigenvalue weighted by molar-refractivity contribution is -0.384. The molecule has 0 spiro atoms. The van der Waals surface area contributed by atoms with Crippen LogP contribution in [0.3, 0.4) is 0 Å². The van der Waals surface area contributed by atoms with Crippen molar-refractivity contribution >= 4 is 28.8 Å². The van der Waals surface area contributed by atoms with Gasteiger partial charge in [-0.15, -0.1) is 0 Å². The number of ketones is 1. The van der Waals surface area contributed by atoms with Gasteiger partial charge in [-0.1, -0.05) is 35.9 Å². The molecule has 0 saturated heterocycles. The summed E-state index contributed by atoms with van der Waals surface area (Å²) in [6.07, 6.45) is 1.30. The number of methoxy groups -OCH3 is 3. The number of nitro benzene ring substituents is 1. The van der Waals surface area contributed by atoms with Gasteiger partial charge in [0.15, 0.2) is 17.3 Å². The summed E-state index contributed by atoms with van der Waals surface area (Å²) in [6, 6.07) is 15.1. The predicted molar refractivity (Wildman–Crippen MR) is 163 cm³/mol. The summed E-state index contributed by atoms with van der Waals surface area (Å²) in [5.41, 5.74) is 4.12. The molecule has 3 aromatic rings. The van der Waals surface area contributed by atoms with E-state index in [0.717, 1.165) is 5.56 Å². The smallest absolute Gasteiger partial charge is 0.271 e. The summed E-state index contributed by atoms with van der Waals surface area (Å²) < 4.78 is 16.8. The Bertz CT molecular complexity index is 1680. The summed E-state index contributed by atoms with van der Waals surface area (Å²) >= 11 is 0. The van der Waals surface area contributed by atoms with E-state index in [1.807, 2.05) is 19.1 Å². The zero-order valence-corrected chi connectivity index (χ0v) is 24.7. The van der Waals surface area contributed by atoms with Crippen LogP contribution in [0.15, 0.2) is 71.4 Å². The zero-order chi connectivity index (χ0) is 31.0. The molecule has 222 valence electrons. The van der Waals surface area contributed by atoms with Crippen LogP contribution in [-0.2, 0) is 4.79 Å². The summed E-state index contributed by atoms with van der Waals surface area (Å²) in [5, 5.41) is 33.3. The number of hydrogen-bond acceptors (Lipinski definition) is 8. The minimum absolute atomic E-state index is 0.0890. The Kier molecular flexibility index (Phi) is 7.95. The third kappa shape index (κ3) is 5.09. The number of hydrogen-bond donors (Lipinski definition) is 2. The number of ether oxygens (including phenoxy) is 3. The highest BCUT2D eigenvalue weighted by atomic mass is 16.6. The van der Waals surface area contributed by atoms with Gasteiger partial charge in [0.2, 0.25) is 5.75 Å². The number of benzene rings is 3. The minimum Gasteiger partial charge on any atom is -0.507 e. The SMILES string of the molecule is COc1cc(C2C3=C(CCCC3=O)N(c3cc([N+](=O)[O-])ccc3C)C(=N)/C2=C(/O)c2ccc(C)cc2)cc(OC)c1OC. The number of nitro groups is 1. The number of rotatable bonds is 7. The third-order valence-corrected chi connectivity index (χ3v) is 8.00. The summed E-state index contributed by atoms with van der Waals surface area (Å²) in [4.78, 5) is 26.7. The van der Waals surface area contributed by atoms with E-state index in [0.29, 0.717) is 63.7 Å². The molecule has 0 radical (unpaired) electrons. The van der Waals surface area contributed by atoms with Crippen molar-refractivity contribution in [1.82, 2.24) is 0 Å². The maximum atomic E-state index is 13.9. The number of anilines is 1. The van der Waals surface area contributed by atoms with Crippen LogP contribution < -0.4 is 19.1 Å². The monoisotopic (exact) mass is 583 g/mol. The summed E-state index contributed by atoms with van der Waals surface area (Å²) in [5.74, 6) is -0.170. The predicted octanol–water partition coefficient (Wildman–Crippen LogP) is 6.79. The van der Waals surface area contributed by atoms with Crippen LogP contribution in [0.1, 0.15) is 47.4 Å². The Balaban J connectivity index is 1.89. The maximum Gasteiger partial charge on any atom is 0.271 e. The van der Waals surface area contributed by atoms with Crippen molar-refractivity contribution in [3.05, 3.63) is 104 Å². The van der Waals surface area contributed by atoms with Crippen LogP contribution >= 0.6 is 0 Å². The van der Waals surface area contributed by atoms with Gasteiger partial charge in [-0.3, -0.25) is 25.2 Å². The first kappa shape index (κ1) is 29.4. The fourth-order valence-corrected chi connectivity index (χ4v) is 5.88. The lowest BCUT2D eigenvalue weighted by atomic mass is 9.73. The number of non-ortho nitro benzene ring substituents is 1. The van der Waals surface area contributed by atoms with Crippen LogP contribution in [-0.4, -0.2) is 43.0 Å². The molecule has 0 aromatic heterocycles. The van der Waals surface area contributed by atoms with Gasteiger partial charge in [-0.2, -0.15) is 0 Å². The van der Waals surface area contributed by atoms with Gasteiger partial charge in [0, 0.05) is 46.9 Å². The van der Waals surface area contributed by atoms with E-state index >= 15 is 0 Å². The van der Waals surface area contributed by atoms with Crippen LogP contribution in [0.2, 0.25) is 0 Å². The van der Waals surface area contributed by atoms with Crippen LogP contribution in [0.5, 0.6) is 17.2 Å². The Morgan fingerprint density at radius 1 is 0.977 bits per heavy atom. The number of carbonyl (C=O) groups is 1. The zero-order valence-electron chi connectivity index (χ0n) is 24.7. The summed E-state index contributed by atoms with van der Waals surface area (Å²) in [6.45, 7) is 3.73. The highest BCUT2D eigenvalue weighted by molar-refractivity contribution is 6.20. The number of aliphatic hydroxyl groups is 1. The fourth-order valence-electron chi connectivity index (χ4n) is 5.88. The molecule has 1 atom stereocenters. The van der Waals surface area contributed by atoms with Crippen LogP contribution in [0.25, 0.3) is 5.76 Å². The molecule has 10 heteroatoms. The van der Waals surface area contributed by atoms with Gasteiger partial charge in [0.05, 0.1) is 31.9 Å². The normalized spacial score (nSPS) is 17.9. The molecule has 1 heterocycles. The standard InChI is InChI=1S/C33H33N3O7/c1-18-9-12-20(13-10-18)31(38)30-28(21-15-26(41-3)32(43-5)27(16-21)42-4)29-23(7-6-8-25(29)37)35(33(30)34)24-17-22(36(39)40)14-11-19(24)2/h9-17,28,34,38H,6-8H2,1-5H3/b31-30+,34-33?. The Hall–Kier alpha value is -5.12. The molecule has 0 amide bonds. The molecular formula is C33H33N3O7. The van der Waals surface area contributed by atoms with Crippen molar-refractivity contribution in [3.8, 4) is 17.2 Å². The lowest BCUT2D eigenvalue weighted by Crippen LogP contribution is -2.42. The van der Waals surface area contributed by atoms with Crippen molar-refractivity contribution in [2.45, 2.75) is 39.0 Å². The summed E-state index contributed by atoms with van der Waals surface area (Å²) in [7, 11) is 4.48. The average Bonchev–Trinajstić information content (AvgIpc) is 3.00. The highest BCUT2D eigenvalue weighted by Gasteiger charge is 2.44. The number of Topliss-reactive ketones (excluding diaryl/α,β-unsaturated/α-hetero) is 1. The Morgan fingerprint density at radius 3 is 2.21 bits per heavy atom. The van der Waals surface area contributed by atoms with Crippen molar-refractivity contribution in [2.24, 2.45) is 0 Å².